The topological polar surface area (TPSA) is 277 Å². The normalized spacial score (nSPS) is 17.9. The summed E-state index contributed by atoms with van der Waals surface area (Å²) in [7, 11) is 1.34. The number of nitrogens with one attached hydrogen (secondary N) is 6. The average Bonchev–Trinajstić information content (AvgIpc) is 3.80. The molecule has 4 bridgehead atoms. The van der Waals surface area contributed by atoms with E-state index in [-0.39, 0.29) is 65.5 Å². The molecule has 6 rings (SSSR count). The molecule has 78 heavy (non-hydrogen) atoms. The van der Waals surface area contributed by atoms with E-state index in [0.717, 1.165) is 16.0 Å². The molecule has 1 unspecified atom stereocenters. The van der Waals surface area contributed by atoms with Crippen molar-refractivity contribution in [3.8, 4) is 33.8 Å². The predicted octanol–water partition coefficient (Wildman–Crippen LogP) is 6.44. The van der Waals surface area contributed by atoms with Crippen LogP contribution in [0.4, 0.5) is 9.59 Å². The minimum atomic E-state index is -1.59. The molecule has 2 aliphatic heterocycles. The van der Waals surface area contributed by atoms with Crippen molar-refractivity contribution < 1.29 is 62.5 Å². The maximum atomic E-state index is 15.1. The van der Waals surface area contributed by atoms with Gasteiger partial charge in [-0.1, -0.05) is 48.0 Å². The Morgan fingerprint density at radius 3 is 2.09 bits per heavy atom. The first-order valence-electron chi connectivity index (χ1n) is 25.7. The SMILES string of the molecule is C[C@@H]1NC(=O)[C@@H](N(C)C(=O)[C@H](CCCCNC(=O)OC(C)(C)C)NC(=O)c2ccc(-c3ccc(Cl)cc3)cc2)c2ccc(OC(=O)OC(C)(C)C)c(c2)-c2cc(ccc2O)C[C@@H](C(=O)NCC(=O)CC2CCNC2=O)NC1=O. The molecule has 7 N–H and O–H groups in total. The van der Waals surface area contributed by atoms with E-state index in [4.69, 9.17) is 25.8 Å². The number of fused-ring (bicyclic) bond motifs is 5. The van der Waals surface area contributed by atoms with Crippen molar-refractivity contribution in [2.45, 2.75) is 122 Å². The maximum absolute atomic E-state index is 15.1. The predicted molar refractivity (Wildman–Crippen MR) is 289 cm³/mol. The summed E-state index contributed by atoms with van der Waals surface area (Å²) in [5.41, 5.74) is 0.771. The second-order valence-corrected chi connectivity index (χ2v) is 21.7. The number of benzene rings is 4. The second kappa shape index (κ2) is 25.9. The molecule has 2 heterocycles. The van der Waals surface area contributed by atoms with Gasteiger partial charge in [0.25, 0.3) is 5.91 Å². The minimum absolute atomic E-state index is 0.0282. The maximum Gasteiger partial charge on any atom is 0.514 e. The first kappa shape index (κ1) is 59.2. The zero-order valence-corrected chi connectivity index (χ0v) is 45.8. The third-order valence-corrected chi connectivity index (χ3v) is 12.9. The van der Waals surface area contributed by atoms with E-state index >= 15 is 4.79 Å². The first-order valence-corrected chi connectivity index (χ1v) is 26.1. The van der Waals surface area contributed by atoms with Crippen molar-refractivity contribution in [3.05, 3.63) is 107 Å². The third-order valence-electron chi connectivity index (χ3n) is 12.7. The number of rotatable bonds is 16. The monoisotopic (exact) mass is 1090 g/mol. The van der Waals surface area contributed by atoms with Crippen LogP contribution in [0.25, 0.3) is 22.3 Å². The van der Waals surface area contributed by atoms with E-state index in [1.54, 1.807) is 77.9 Å². The van der Waals surface area contributed by atoms with Gasteiger partial charge in [-0.15, -0.1) is 0 Å². The fourth-order valence-corrected chi connectivity index (χ4v) is 8.88. The molecule has 4 aromatic rings. The number of halogens is 1. The second-order valence-electron chi connectivity index (χ2n) is 21.3. The minimum Gasteiger partial charge on any atom is -0.507 e. The molecule has 7 amide bonds. The Morgan fingerprint density at radius 2 is 1.45 bits per heavy atom. The van der Waals surface area contributed by atoms with Gasteiger partial charge in [0.15, 0.2) is 5.78 Å². The molecular formula is C57H68ClN7O13. The molecule has 0 spiro atoms. The number of ether oxygens (including phenoxy) is 3. The van der Waals surface area contributed by atoms with Crippen LogP contribution in [0, 0.1) is 5.92 Å². The van der Waals surface area contributed by atoms with Gasteiger partial charge < -0.3 is 56.1 Å². The lowest BCUT2D eigenvalue weighted by Crippen LogP contribution is -2.56. The number of phenols is 1. The summed E-state index contributed by atoms with van der Waals surface area (Å²) in [4.78, 5) is 124. The lowest BCUT2D eigenvalue weighted by Gasteiger charge is -2.32. The van der Waals surface area contributed by atoms with Gasteiger partial charge in [-0.2, -0.15) is 0 Å². The summed E-state index contributed by atoms with van der Waals surface area (Å²) in [5.74, 6) is -5.45. The Kier molecular flexibility index (Phi) is 19.7. The van der Waals surface area contributed by atoms with Crippen LogP contribution in [0.5, 0.6) is 11.5 Å². The zero-order chi connectivity index (χ0) is 57.1. The van der Waals surface area contributed by atoms with Crippen molar-refractivity contribution in [3.63, 3.8) is 0 Å². The van der Waals surface area contributed by atoms with E-state index in [9.17, 15) is 43.5 Å². The highest BCUT2D eigenvalue weighted by Gasteiger charge is 2.37. The summed E-state index contributed by atoms with van der Waals surface area (Å²) in [6.45, 7) is 11.6. The molecule has 0 saturated carbocycles. The van der Waals surface area contributed by atoms with Crippen LogP contribution in [-0.2, 0) is 44.7 Å². The number of phenolic OH excluding ortho intramolecular Hbond substituents is 1. The molecule has 0 aliphatic carbocycles. The van der Waals surface area contributed by atoms with Crippen LogP contribution in [0.3, 0.4) is 0 Å². The number of carbonyl (C=O) groups excluding carboxylic acids is 9. The van der Waals surface area contributed by atoms with Crippen LogP contribution in [0.15, 0.2) is 84.9 Å². The van der Waals surface area contributed by atoms with Crippen LogP contribution in [0.1, 0.15) is 108 Å². The summed E-state index contributed by atoms with van der Waals surface area (Å²) in [6.07, 6.45) is -0.873. The number of likely N-dealkylation sites (N-methyl/N-ethyl adjacent to an activating group) is 1. The van der Waals surface area contributed by atoms with E-state index < -0.39 is 95.4 Å². The molecule has 21 heteroatoms. The van der Waals surface area contributed by atoms with Crippen LogP contribution in [-0.4, -0.2) is 119 Å². The number of amides is 7. The Bertz CT molecular complexity index is 2900. The molecule has 1 saturated heterocycles. The highest BCUT2D eigenvalue weighted by Crippen LogP contribution is 2.40. The third kappa shape index (κ3) is 16.7. The van der Waals surface area contributed by atoms with Crippen molar-refractivity contribution in [1.29, 1.82) is 0 Å². The van der Waals surface area contributed by atoms with Gasteiger partial charge >= 0.3 is 12.2 Å². The van der Waals surface area contributed by atoms with Gasteiger partial charge in [0.05, 0.1) is 6.54 Å². The van der Waals surface area contributed by atoms with Gasteiger partial charge in [0, 0.05) is 60.6 Å². The standard InChI is InChI=1S/C57H68ClN7O13/c1-32-48(68)64-44(51(71)61-31-40(66)29-38-24-26-59-49(38)69)28-33-12-22-45(67)41(27-33)42-30-37(19-23-46(42)76-55(75)78-57(5,6)7)47(52(72)62-32)65(8)53(73)43(11-9-10-25-60-54(74)77-56(2,3)4)63-50(70)36-15-13-34(14-16-36)35-17-20-39(58)21-18-35/h12-23,27,30,32,38,43-44,47,67H,9-11,24-26,28-29,31H2,1-8H3,(H,59,69)(H,60,74)(H,61,71)(H,62,72)(H,63,70)(H,64,68)/t32-,38?,43-,44-,47-/m0/s1. The Morgan fingerprint density at radius 1 is 0.782 bits per heavy atom. The fourth-order valence-electron chi connectivity index (χ4n) is 8.76. The van der Waals surface area contributed by atoms with Gasteiger partial charge in [-0.05, 0) is 145 Å². The first-order chi connectivity index (χ1) is 36.7. The number of hydrogen-bond acceptors (Lipinski definition) is 13. The largest absolute Gasteiger partial charge is 0.514 e. The van der Waals surface area contributed by atoms with Crippen LogP contribution < -0.4 is 36.6 Å². The number of nitrogens with zero attached hydrogens (tertiary/aromatic N) is 1. The highest BCUT2D eigenvalue weighted by molar-refractivity contribution is 6.30. The molecule has 5 atom stereocenters. The van der Waals surface area contributed by atoms with E-state index in [2.05, 4.69) is 31.9 Å². The Labute approximate surface area is 458 Å². The average molecular weight is 1090 g/mol. The number of carbonyl (C=O) groups is 9. The highest BCUT2D eigenvalue weighted by atomic mass is 35.5. The Hall–Kier alpha value is -8.00. The lowest BCUT2D eigenvalue weighted by molar-refractivity contribution is -0.141. The number of ketones is 1. The van der Waals surface area contributed by atoms with Gasteiger partial charge in [0.1, 0.15) is 46.9 Å². The fraction of sp³-hybridized carbons (Fsp3) is 0.421. The number of aromatic hydroxyl groups is 1. The molecule has 0 aromatic heterocycles. The van der Waals surface area contributed by atoms with Gasteiger partial charge in [0.2, 0.25) is 29.5 Å². The zero-order valence-electron chi connectivity index (χ0n) is 45.0. The van der Waals surface area contributed by atoms with E-state index in [1.165, 1.54) is 50.4 Å². The lowest BCUT2D eigenvalue weighted by atomic mass is 9.93. The summed E-state index contributed by atoms with van der Waals surface area (Å²) in [6, 6.07) is 16.8. The molecule has 2 aliphatic rings. The van der Waals surface area contributed by atoms with Crippen molar-refractivity contribution in [1.82, 2.24) is 36.8 Å². The number of unbranched alkanes of at least 4 members (excludes halogenated alkanes) is 1. The Balaban J connectivity index is 1.36. The summed E-state index contributed by atoms with van der Waals surface area (Å²) < 4.78 is 16.5. The van der Waals surface area contributed by atoms with Crippen LogP contribution >= 0.6 is 11.6 Å². The molecular weight excluding hydrogens is 1030 g/mol. The number of hydrogen-bond donors (Lipinski definition) is 7. The summed E-state index contributed by atoms with van der Waals surface area (Å²) in [5, 5.41) is 28.2. The molecule has 20 nitrogen and oxygen atoms in total. The van der Waals surface area contributed by atoms with Gasteiger partial charge in [-0.25, -0.2) is 9.59 Å². The van der Waals surface area contributed by atoms with Crippen LogP contribution in [0.2, 0.25) is 5.02 Å². The molecule has 4 aromatic carbocycles. The quantitative estimate of drug-likeness (QED) is 0.0362. The molecule has 1 fully saturated rings. The number of Topliss-reactive ketones (excluding diaryl/α,β-unsaturated/α-hetero) is 1. The van der Waals surface area contributed by atoms with E-state index in [1.807, 2.05) is 12.1 Å². The summed E-state index contributed by atoms with van der Waals surface area (Å²) >= 11 is 6.10. The van der Waals surface area contributed by atoms with Crippen molar-refractivity contribution >= 4 is 65.1 Å². The van der Waals surface area contributed by atoms with E-state index in [0.29, 0.717) is 36.4 Å². The van der Waals surface area contributed by atoms with Gasteiger partial charge in [-0.3, -0.25) is 33.6 Å². The molecule has 416 valence electrons. The molecule has 0 radical (unpaired) electrons. The smallest absolute Gasteiger partial charge is 0.507 e. The number of alkyl carbamates (subject to hydrolysis) is 1. The van der Waals surface area contributed by atoms with Crippen molar-refractivity contribution in [2.75, 3.05) is 26.7 Å². The van der Waals surface area contributed by atoms with Crippen molar-refractivity contribution in [2.24, 2.45) is 5.92 Å².